The Bertz CT molecular complexity index is 1350. The van der Waals surface area contributed by atoms with Crippen LogP contribution in [0.5, 0.6) is 5.88 Å². The number of thiophene rings is 1. The van der Waals surface area contributed by atoms with Crippen molar-refractivity contribution in [1.29, 1.82) is 0 Å². The molecule has 0 aromatic carbocycles. The number of nitrogens with zero attached hydrogens (tertiary/aromatic N) is 5. The Morgan fingerprint density at radius 3 is 2.86 bits per heavy atom. The molecular weight excluding hydrogens is 488 g/mol. The molecule has 0 saturated carbocycles. The number of pyridine rings is 1. The fourth-order valence-corrected chi connectivity index (χ4v) is 5.24. The van der Waals surface area contributed by atoms with Gasteiger partial charge in [0.15, 0.2) is 5.65 Å². The fourth-order valence-electron chi connectivity index (χ4n) is 4.54. The van der Waals surface area contributed by atoms with Crippen LogP contribution in [-0.2, 0) is 4.74 Å². The zero-order chi connectivity index (χ0) is 25.8. The van der Waals surface area contributed by atoms with Crippen molar-refractivity contribution in [3.8, 4) is 27.7 Å². The van der Waals surface area contributed by atoms with Gasteiger partial charge in [-0.15, -0.1) is 11.3 Å². The van der Waals surface area contributed by atoms with E-state index in [-0.39, 0.29) is 18.1 Å². The van der Waals surface area contributed by atoms with E-state index < -0.39 is 0 Å². The summed E-state index contributed by atoms with van der Waals surface area (Å²) in [6, 6.07) is 9.70. The molecule has 0 spiro atoms. The van der Waals surface area contributed by atoms with Gasteiger partial charge in [-0.3, -0.25) is 9.69 Å². The van der Waals surface area contributed by atoms with E-state index >= 15 is 0 Å². The normalized spacial score (nSPS) is 16.4. The summed E-state index contributed by atoms with van der Waals surface area (Å²) in [6.07, 6.45) is 4.32. The zero-order valence-electron chi connectivity index (χ0n) is 21.4. The monoisotopic (exact) mass is 520 g/mol. The summed E-state index contributed by atoms with van der Waals surface area (Å²) in [6.45, 7) is 9.96. The first-order valence-electron chi connectivity index (χ1n) is 12.7. The molecule has 1 aliphatic rings. The Morgan fingerprint density at radius 1 is 1.27 bits per heavy atom. The molecule has 1 N–H and O–H groups in total. The number of carbonyl (C=O) groups is 1. The van der Waals surface area contributed by atoms with Gasteiger partial charge in [-0.2, -0.15) is 5.10 Å². The zero-order valence-corrected chi connectivity index (χ0v) is 22.2. The average molecular weight is 521 g/mol. The minimum absolute atomic E-state index is 0.0891. The lowest BCUT2D eigenvalue weighted by Crippen LogP contribution is -2.42. The smallest absolute Gasteiger partial charge is 0.251 e. The predicted molar refractivity (Wildman–Crippen MR) is 144 cm³/mol. The van der Waals surface area contributed by atoms with Crippen LogP contribution in [0.15, 0.2) is 48.1 Å². The SMILES string of the molecule is CCN(CC)C(C)CNC(=O)c1cc(O[C@H]2CCOC2)nc(-c2cnn3ccc(-c4cccs4)nc23)c1. The molecule has 0 bridgehead atoms. The first kappa shape index (κ1) is 25.3. The van der Waals surface area contributed by atoms with Crippen molar-refractivity contribution in [3.05, 3.63) is 53.7 Å². The number of hydrogen-bond acceptors (Lipinski definition) is 8. The van der Waals surface area contributed by atoms with Crippen LogP contribution in [-0.4, -0.2) is 75.4 Å². The molecule has 0 radical (unpaired) electrons. The summed E-state index contributed by atoms with van der Waals surface area (Å²) in [5.74, 6) is 0.225. The van der Waals surface area contributed by atoms with Gasteiger partial charge in [-0.05, 0) is 43.6 Å². The van der Waals surface area contributed by atoms with Crippen LogP contribution in [0, 0.1) is 0 Å². The molecule has 4 aromatic rings. The Labute approximate surface area is 220 Å². The van der Waals surface area contributed by atoms with E-state index in [1.54, 1.807) is 34.2 Å². The first-order valence-corrected chi connectivity index (χ1v) is 13.6. The number of likely N-dealkylation sites (N-methyl/N-ethyl adjacent to an activating group) is 1. The maximum atomic E-state index is 13.3. The van der Waals surface area contributed by atoms with Crippen molar-refractivity contribution in [2.24, 2.45) is 0 Å². The van der Waals surface area contributed by atoms with E-state index in [9.17, 15) is 4.79 Å². The summed E-state index contributed by atoms with van der Waals surface area (Å²) in [5, 5.41) is 9.58. The van der Waals surface area contributed by atoms with Crippen LogP contribution in [0.1, 0.15) is 37.6 Å². The van der Waals surface area contributed by atoms with Gasteiger partial charge >= 0.3 is 0 Å². The van der Waals surface area contributed by atoms with Gasteiger partial charge < -0.3 is 14.8 Å². The van der Waals surface area contributed by atoms with Gasteiger partial charge in [0.25, 0.3) is 5.91 Å². The number of amides is 1. The number of aromatic nitrogens is 4. The number of nitrogens with one attached hydrogen (secondary N) is 1. The highest BCUT2D eigenvalue weighted by atomic mass is 32.1. The summed E-state index contributed by atoms with van der Waals surface area (Å²) >= 11 is 1.63. The minimum atomic E-state index is -0.168. The molecular formula is C27H32N6O3S. The van der Waals surface area contributed by atoms with Crippen LogP contribution >= 0.6 is 11.3 Å². The van der Waals surface area contributed by atoms with Crippen molar-refractivity contribution < 1.29 is 14.3 Å². The summed E-state index contributed by atoms with van der Waals surface area (Å²) in [5.41, 5.74) is 3.34. The molecule has 1 aliphatic heterocycles. The lowest BCUT2D eigenvalue weighted by molar-refractivity contribution is 0.0936. The van der Waals surface area contributed by atoms with Crippen LogP contribution in [0.4, 0.5) is 0 Å². The van der Waals surface area contributed by atoms with Gasteiger partial charge in [0, 0.05) is 36.8 Å². The van der Waals surface area contributed by atoms with Crippen molar-refractivity contribution in [3.63, 3.8) is 0 Å². The summed E-state index contributed by atoms with van der Waals surface area (Å²) in [7, 11) is 0. The average Bonchev–Trinajstić information content (AvgIpc) is 3.69. The second kappa shape index (κ2) is 11.4. The molecule has 4 aromatic heterocycles. The Morgan fingerprint density at radius 2 is 2.14 bits per heavy atom. The fraction of sp³-hybridized carbons (Fsp3) is 0.407. The molecule has 10 heteroatoms. The molecule has 1 saturated heterocycles. The van der Waals surface area contributed by atoms with Gasteiger partial charge in [0.2, 0.25) is 5.88 Å². The molecule has 1 fully saturated rings. The lowest BCUT2D eigenvalue weighted by Gasteiger charge is -2.26. The molecule has 1 unspecified atom stereocenters. The van der Waals surface area contributed by atoms with Crippen molar-refractivity contribution in [2.45, 2.75) is 39.3 Å². The first-order chi connectivity index (χ1) is 18.1. The van der Waals surface area contributed by atoms with Crippen LogP contribution in [0.25, 0.3) is 27.5 Å². The standard InChI is InChI=1S/C27H32N6O3S/c1-4-32(5-2)18(3)15-28-27(34)19-13-23(30-25(14-19)36-20-9-11-35-17-20)21-16-29-33-10-8-22(31-26(21)33)24-7-6-12-37-24/h6-8,10,12-14,16,18,20H,4-5,9,11,15,17H2,1-3H3,(H,28,34)/t18?,20-/m0/s1. The van der Waals surface area contributed by atoms with E-state index in [4.69, 9.17) is 19.4 Å². The van der Waals surface area contributed by atoms with E-state index in [1.807, 2.05) is 29.8 Å². The highest BCUT2D eigenvalue weighted by molar-refractivity contribution is 7.13. The van der Waals surface area contributed by atoms with Crippen LogP contribution < -0.4 is 10.1 Å². The van der Waals surface area contributed by atoms with Crippen molar-refractivity contribution in [1.82, 2.24) is 29.8 Å². The Balaban J connectivity index is 1.48. The number of hydrogen-bond donors (Lipinski definition) is 1. The third-order valence-electron chi connectivity index (χ3n) is 6.65. The van der Waals surface area contributed by atoms with E-state index in [0.717, 1.165) is 35.6 Å². The molecule has 5 rings (SSSR count). The molecule has 1 amide bonds. The van der Waals surface area contributed by atoms with Crippen LogP contribution in [0.2, 0.25) is 0 Å². The third-order valence-corrected chi connectivity index (χ3v) is 7.54. The second-order valence-corrected chi connectivity index (χ2v) is 10.0. The van der Waals surface area contributed by atoms with Crippen molar-refractivity contribution >= 4 is 22.9 Å². The molecule has 0 aliphatic carbocycles. The number of rotatable bonds is 10. The van der Waals surface area contributed by atoms with Crippen molar-refractivity contribution in [2.75, 3.05) is 32.8 Å². The highest BCUT2D eigenvalue weighted by Crippen LogP contribution is 2.29. The molecule has 37 heavy (non-hydrogen) atoms. The largest absolute Gasteiger partial charge is 0.472 e. The molecule has 194 valence electrons. The van der Waals surface area contributed by atoms with E-state index in [0.29, 0.717) is 42.5 Å². The summed E-state index contributed by atoms with van der Waals surface area (Å²) < 4.78 is 13.3. The topological polar surface area (TPSA) is 93.9 Å². The minimum Gasteiger partial charge on any atom is -0.472 e. The van der Waals surface area contributed by atoms with Gasteiger partial charge in [0.05, 0.1) is 41.2 Å². The molecule has 2 atom stereocenters. The summed E-state index contributed by atoms with van der Waals surface area (Å²) in [4.78, 5) is 26.3. The van der Waals surface area contributed by atoms with E-state index in [1.165, 1.54) is 0 Å². The maximum Gasteiger partial charge on any atom is 0.251 e. The predicted octanol–water partition coefficient (Wildman–Crippen LogP) is 4.15. The number of carbonyl (C=O) groups excluding carboxylic acids is 1. The lowest BCUT2D eigenvalue weighted by atomic mass is 10.1. The molecule has 5 heterocycles. The van der Waals surface area contributed by atoms with Gasteiger partial charge in [0.1, 0.15) is 6.10 Å². The second-order valence-electron chi connectivity index (χ2n) is 9.08. The number of ether oxygens (including phenoxy) is 2. The van der Waals surface area contributed by atoms with E-state index in [2.05, 4.69) is 36.1 Å². The maximum absolute atomic E-state index is 13.3. The Hall–Kier alpha value is -3.34. The molecule has 9 nitrogen and oxygen atoms in total. The van der Waals surface area contributed by atoms with Gasteiger partial charge in [-0.1, -0.05) is 19.9 Å². The highest BCUT2D eigenvalue weighted by Gasteiger charge is 2.21. The van der Waals surface area contributed by atoms with Crippen LogP contribution in [0.3, 0.4) is 0 Å². The quantitative estimate of drug-likeness (QED) is 0.336. The van der Waals surface area contributed by atoms with Gasteiger partial charge in [-0.25, -0.2) is 14.5 Å². The Kier molecular flexibility index (Phi) is 7.78. The third kappa shape index (κ3) is 5.66. The number of fused-ring (bicyclic) bond motifs is 1.